The SMILES string of the molecule is Cc1cc2ccccc2[cH-]1.[CH2-]CCC.[SiH2]=C(CC[CH-]c1ccccc1)c1ccccc1.[Zr+4].c1ccc(-c2cccc3[cH-]ccc23)cc1. The first kappa shape index (κ1) is 37.6. The first-order valence-electron chi connectivity index (χ1n) is 16.3. The van der Waals surface area contributed by atoms with Crippen LogP contribution < -0.4 is 0 Å². The summed E-state index contributed by atoms with van der Waals surface area (Å²) in [5, 5.41) is 6.83. The molecular formula is C45H46SiZr. The van der Waals surface area contributed by atoms with Crippen LogP contribution in [0.2, 0.25) is 0 Å². The Bertz CT molecular complexity index is 1810. The first-order valence-corrected chi connectivity index (χ1v) is 17.0. The standard InChI is InChI=1S/C16H17Si.C15H11.C10H9.C4H9.Zr/c17-16(15-11-5-2-6-12-15)13-7-10-14-8-3-1-4-9-14;1-2-6-12(7-3-1)14-10-4-8-13-9-5-11-15(13)14;1-8-6-9-4-2-3-5-10(9)7-8;1-3-4-2;/h1-6,8-12H,7,13,17H2;1-11H;2-7H,1H3;1,3-4H2,2H3;/q4*-1;+4. The van der Waals surface area contributed by atoms with Gasteiger partial charge in [-0.3, -0.25) is 0 Å². The molecule has 234 valence electrons. The molecule has 0 fully saturated rings. The fourth-order valence-corrected chi connectivity index (χ4v) is 5.60. The Balaban J connectivity index is 0.000000184. The van der Waals surface area contributed by atoms with Crippen LogP contribution in [0.5, 0.6) is 0 Å². The van der Waals surface area contributed by atoms with E-state index >= 15 is 0 Å². The van der Waals surface area contributed by atoms with Gasteiger partial charge in [-0.25, -0.2) is 0 Å². The van der Waals surface area contributed by atoms with Crippen LogP contribution in [0.1, 0.15) is 49.3 Å². The Morgan fingerprint density at radius 3 is 1.98 bits per heavy atom. The third-order valence-electron chi connectivity index (χ3n) is 7.69. The van der Waals surface area contributed by atoms with Gasteiger partial charge in [0.25, 0.3) is 0 Å². The average molecular weight is 706 g/mol. The summed E-state index contributed by atoms with van der Waals surface area (Å²) in [6, 6.07) is 57.4. The summed E-state index contributed by atoms with van der Waals surface area (Å²) in [7, 11) is 2.00. The Hall–Kier alpha value is -3.84. The number of unbranched alkanes of at least 4 members (excludes halogenated alkanes) is 1. The van der Waals surface area contributed by atoms with Crippen molar-refractivity contribution in [1.82, 2.24) is 0 Å². The topological polar surface area (TPSA) is 0 Å². The van der Waals surface area contributed by atoms with Crippen LogP contribution in [-0.2, 0) is 26.2 Å². The zero-order chi connectivity index (χ0) is 32.4. The van der Waals surface area contributed by atoms with Crippen LogP contribution in [0.3, 0.4) is 0 Å². The third kappa shape index (κ3) is 12.4. The molecule has 0 amide bonds. The van der Waals surface area contributed by atoms with Crippen LogP contribution in [0.15, 0.2) is 164 Å². The van der Waals surface area contributed by atoms with Gasteiger partial charge in [-0.2, -0.15) is 48.7 Å². The maximum atomic E-state index is 3.60. The molecule has 7 rings (SSSR count). The molecule has 0 heterocycles. The minimum atomic E-state index is 0. The molecule has 0 saturated heterocycles. The molecule has 0 N–H and O–H groups in total. The summed E-state index contributed by atoms with van der Waals surface area (Å²) >= 11 is 0. The van der Waals surface area contributed by atoms with Gasteiger partial charge in [0.1, 0.15) is 0 Å². The van der Waals surface area contributed by atoms with E-state index < -0.39 is 0 Å². The van der Waals surface area contributed by atoms with E-state index in [1.54, 1.807) is 0 Å². The van der Waals surface area contributed by atoms with Gasteiger partial charge in [-0.15, -0.1) is 81.7 Å². The number of aryl methyl sites for hydroxylation is 1. The molecule has 0 aliphatic rings. The molecular weight excluding hydrogens is 660 g/mol. The van der Waals surface area contributed by atoms with Crippen molar-refractivity contribution in [3.8, 4) is 11.1 Å². The second kappa shape index (κ2) is 21.1. The summed E-state index contributed by atoms with van der Waals surface area (Å²) in [6.45, 7) is 7.85. The monoisotopic (exact) mass is 704 g/mol. The molecule has 0 atom stereocenters. The Morgan fingerprint density at radius 2 is 1.32 bits per heavy atom. The minimum Gasteiger partial charge on any atom is -0.343 e. The summed E-state index contributed by atoms with van der Waals surface area (Å²) in [5.41, 5.74) is 6.64. The Labute approximate surface area is 305 Å². The van der Waals surface area contributed by atoms with E-state index in [-0.39, 0.29) is 26.2 Å². The van der Waals surface area contributed by atoms with Crippen molar-refractivity contribution in [1.29, 1.82) is 0 Å². The van der Waals surface area contributed by atoms with Gasteiger partial charge in [0.2, 0.25) is 0 Å². The molecule has 0 unspecified atom stereocenters. The molecule has 7 aromatic rings. The van der Waals surface area contributed by atoms with E-state index in [1.807, 2.05) is 9.85 Å². The molecule has 0 bridgehead atoms. The maximum absolute atomic E-state index is 3.60. The predicted octanol–water partition coefficient (Wildman–Crippen LogP) is 11.6. The smallest absolute Gasteiger partial charge is 0.343 e. The maximum Gasteiger partial charge on any atom is 4.00 e. The molecule has 47 heavy (non-hydrogen) atoms. The normalized spacial score (nSPS) is 9.85. The minimum absolute atomic E-state index is 0. The van der Waals surface area contributed by atoms with Gasteiger partial charge in [-0.05, 0) is 27.4 Å². The second-order valence-electron chi connectivity index (χ2n) is 11.3. The molecule has 0 aliphatic heterocycles. The third-order valence-corrected chi connectivity index (χ3v) is 8.45. The van der Waals surface area contributed by atoms with E-state index in [0.29, 0.717) is 0 Å². The van der Waals surface area contributed by atoms with Crippen molar-refractivity contribution in [2.24, 2.45) is 0 Å². The van der Waals surface area contributed by atoms with E-state index in [9.17, 15) is 0 Å². The summed E-state index contributed by atoms with van der Waals surface area (Å²) in [6.07, 6.45) is 6.83. The van der Waals surface area contributed by atoms with Crippen LogP contribution >= 0.6 is 0 Å². The molecule has 0 nitrogen and oxygen atoms in total. The van der Waals surface area contributed by atoms with Gasteiger partial charge < -0.3 is 6.92 Å². The van der Waals surface area contributed by atoms with Crippen LogP contribution in [-0.4, -0.2) is 15.0 Å². The van der Waals surface area contributed by atoms with E-state index in [0.717, 1.165) is 19.3 Å². The van der Waals surface area contributed by atoms with Gasteiger partial charge in [0, 0.05) is 0 Å². The van der Waals surface area contributed by atoms with Crippen molar-refractivity contribution in [3.05, 3.63) is 194 Å². The molecule has 0 saturated carbocycles. The fraction of sp³-hybridized carbons (Fsp3) is 0.133. The molecule has 0 radical (unpaired) electrons. The number of benzene rings is 5. The van der Waals surface area contributed by atoms with Crippen molar-refractivity contribution in [3.63, 3.8) is 0 Å². The van der Waals surface area contributed by atoms with Crippen molar-refractivity contribution in [2.75, 3.05) is 0 Å². The van der Waals surface area contributed by atoms with Gasteiger partial charge in [0.05, 0.1) is 0 Å². The molecule has 2 heteroatoms. The Kier molecular flexibility index (Phi) is 16.9. The van der Waals surface area contributed by atoms with Crippen molar-refractivity contribution in [2.45, 2.75) is 39.5 Å². The molecule has 0 aliphatic carbocycles. The largest absolute Gasteiger partial charge is 4.00 e. The first-order chi connectivity index (χ1) is 22.6. The van der Waals surface area contributed by atoms with Crippen molar-refractivity contribution < 1.29 is 26.2 Å². The molecule has 0 spiro atoms. The van der Waals surface area contributed by atoms with Crippen molar-refractivity contribution >= 4 is 36.6 Å². The molecule has 0 aromatic heterocycles. The summed E-state index contributed by atoms with van der Waals surface area (Å²) in [5.74, 6) is 0. The number of fused-ring (bicyclic) bond motifs is 2. The van der Waals surface area contributed by atoms with Crippen LogP contribution in [0, 0.1) is 20.3 Å². The average Bonchev–Trinajstić information content (AvgIpc) is 3.76. The molecule has 7 aromatic carbocycles. The second-order valence-corrected chi connectivity index (χ2v) is 12.2. The quantitative estimate of drug-likeness (QED) is 0.114. The van der Waals surface area contributed by atoms with Crippen LogP contribution in [0.4, 0.5) is 0 Å². The predicted molar refractivity (Wildman–Crippen MR) is 208 cm³/mol. The number of hydrogen-bond donors (Lipinski definition) is 0. The van der Waals surface area contributed by atoms with Gasteiger partial charge in [-0.1, -0.05) is 116 Å². The summed E-state index contributed by atoms with van der Waals surface area (Å²) in [4.78, 5) is 0. The summed E-state index contributed by atoms with van der Waals surface area (Å²) < 4.78 is 0. The van der Waals surface area contributed by atoms with E-state index in [4.69, 9.17) is 0 Å². The zero-order valence-corrected chi connectivity index (χ0v) is 31.8. The van der Waals surface area contributed by atoms with Gasteiger partial charge in [0.15, 0.2) is 0 Å². The van der Waals surface area contributed by atoms with Gasteiger partial charge >= 0.3 is 26.2 Å². The Morgan fingerprint density at radius 1 is 0.723 bits per heavy atom. The number of rotatable bonds is 7. The van der Waals surface area contributed by atoms with E-state index in [1.165, 1.54) is 61.0 Å². The fourth-order valence-electron chi connectivity index (χ4n) is 5.16. The zero-order valence-electron chi connectivity index (χ0n) is 27.9. The van der Waals surface area contributed by atoms with E-state index in [2.05, 4.69) is 191 Å². The number of hydrogen-bond acceptors (Lipinski definition) is 0. The van der Waals surface area contributed by atoms with Crippen LogP contribution in [0.25, 0.3) is 32.7 Å².